The fourth-order valence-electron chi connectivity index (χ4n) is 5.26. The SMILES string of the molecule is Cc1nn(C)cc1C(=O)N1[C@H](Cc2ccccc2)C[C@]2(C)NCCCCC[C@H]12. The number of amides is 1. The Morgan fingerprint density at radius 1 is 1.25 bits per heavy atom. The number of nitrogens with one attached hydrogen (secondary N) is 1. The van der Waals surface area contributed by atoms with Crippen molar-refractivity contribution < 1.29 is 4.79 Å². The normalized spacial score (nSPS) is 27.9. The van der Waals surface area contributed by atoms with Gasteiger partial charge < -0.3 is 10.2 Å². The molecule has 1 aromatic heterocycles. The predicted molar refractivity (Wildman–Crippen MR) is 111 cm³/mol. The predicted octanol–water partition coefficient (Wildman–Crippen LogP) is 3.48. The number of nitrogens with zero attached hydrogens (tertiary/aromatic N) is 3. The summed E-state index contributed by atoms with van der Waals surface area (Å²) < 4.78 is 1.75. The second kappa shape index (κ2) is 7.70. The van der Waals surface area contributed by atoms with Crippen molar-refractivity contribution in [1.82, 2.24) is 20.0 Å². The Hall–Kier alpha value is -2.14. The van der Waals surface area contributed by atoms with E-state index < -0.39 is 0 Å². The van der Waals surface area contributed by atoms with E-state index in [9.17, 15) is 4.79 Å². The van der Waals surface area contributed by atoms with Crippen LogP contribution in [-0.2, 0) is 13.5 Å². The first kappa shape index (κ1) is 19.2. The van der Waals surface area contributed by atoms with Crippen LogP contribution in [0.4, 0.5) is 0 Å². The third kappa shape index (κ3) is 3.60. The first-order valence-electron chi connectivity index (χ1n) is 10.6. The molecule has 0 unspecified atom stereocenters. The van der Waals surface area contributed by atoms with Crippen LogP contribution < -0.4 is 5.32 Å². The number of benzene rings is 1. The second-order valence-electron chi connectivity index (χ2n) is 8.77. The molecule has 0 radical (unpaired) electrons. The van der Waals surface area contributed by atoms with Crippen molar-refractivity contribution in [2.24, 2.45) is 7.05 Å². The largest absolute Gasteiger partial charge is 0.330 e. The molecule has 5 heteroatoms. The van der Waals surface area contributed by atoms with Crippen LogP contribution in [0.2, 0.25) is 0 Å². The molecule has 1 N–H and O–H groups in total. The molecule has 0 aliphatic carbocycles. The van der Waals surface area contributed by atoms with Crippen LogP contribution in [0.3, 0.4) is 0 Å². The fraction of sp³-hybridized carbons (Fsp3) is 0.565. The molecule has 2 aromatic rings. The average molecular weight is 381 g/mol. The number of hydrogen-bond acceptors (Lipinski definition) is 3. The lowest BCUT2D eigenvalue weighted by molar-refractivity contribution is 0.0612. The molecule has 2 fully saturated rings. The summed E-state index contributed by atoms with van der Waals surface area (Å²) in [5, 5.41) is 8.24. The Bertz CT molecular complexity index is 830. The number of carbonyl (C=O) groups excluding carboxylic acids is 1. The fourth-order valence-corrected chi connectivity index (χ4v) is 5.26. The van der Waals surface area contributed by atoms with Crippen LogP contribution >= 0.6 is 0 Å². The van der Waals surface area contributed by atoms with E-state index in [-0.39, 0.29) is 23.5 Å². The van der Waals surface area contributed by atoms with Crippen molar-refractivity contribution >= 4 is 5.91 Å². The topological polar surface area (TPSA) is 50.2 Å². The Morgan fingerprint density at radius 2 is 2.04 bits per heavy atom. The van der Waals surface area contributed by atoms with Gasteiger partial charge in [0.2, 0.25) is 0 Å². The number of rotatable bonds is 3. The van der Waals surface area contributed by atoms with E-state index in [4.69, 9.17) is 0 Å². The lowest BCUT2D eigenvalue weighted by Gasteiger charge is -2.38. The zero-order chi connectivity index (χ0) is 19.7. The van der Waals surface area contributed by atoms with E-state index in [0.717, 1.165) is 37.1 Å². The van der Waals surface area contributed by atoms with Crippen LogP contribution in [0, 0.1) is 6.92 Å². The summed E-state index contributed by atoms with van der Waals surface area (Å²) in [7, 11) is 1.89. The molecule has 0 bridgehead atoms. The minimum absolute atomic E-state index is 0.0222. The van der Waals surface area contributed by atoms with E-state index >= 15 is 0 Å². The molecule has 150 valence electrons. The van der Waals surface area contributed by atoms with E-state index in [1.807, 2.05) is 20.2 Å². The summed E-state index contributed by atoms with van der Waals surface area (Å²) in [6.07, 6.45) is 8.49. The standard InChI is InChI=1S/C23H32N4O/c1-17-20(16-26(3)25-17)22(28)27-19(14-18-10-6-4-7-11-18)15-23(2)21(27)12-8-5-9-13-24-23/h4,6-7,10-11,16,19,21,24H,5,8-9,12-15H2,1-3H3/t19-,21+,23+/m1/s1. The number of aromatic nitrogens is 2. The second-order valence-corrected chi connectivity index (χ2v) is 8.77. The lowest BCUT2D eigenvalue weighted by Crippen LogP contribution is -2.55. The quantitative estimate of drug-likeness (QED) is 0.887. The van der Waals surface area contributed by atoms with Gasteiger partial charge in [0, 0.05) is 24.8 Å². The van der Waals surface area contributed by atoms with Crippen molar-refractivity contribution in [1.29, 1.82) is 0 Å². The maximum atomic E-state index is 13.7. The van der Waals surface area contributed by atoms with Gasteiger partial charge in [-0.05, 0) is 51.6 Å². The molecular formula is C23H32N4O. The van der Waals surface area contributed by atoms with Gasteiger partial charge in [-0.2, -0.15) is 5.10 Å². The third-order valence-electron chi connectivity index (χ3n) is 6.60. The number of likely N-dealkylation sites (tertiary alicyclic amines) is 1. The minimum atomic E-state index is -0.0222. The molecule has 4 rings (SSSR count). The summed E-state index contributed by atoms with van der Waals surface area (Å²) >= 11 is 0. The van der Waals surface area contributed by atoms with Gasteiger partial charge in [-0.1, -0.05) is 43.2 Å². The monoisotopic (exact) mass is 380 g/mol. The van der Waals surface area contributed by atoms with Gasteiger partial charge in [0.1, 0.15) is 0 Å². The van der Waals surface area contributed by atoms with Crippen LogP contribution in [0.15, 0.2) is 36.5 Å². The highest BCUT2D eigenvalue weighted by Gasteiger charge is 2.51. The third-order valence-corrected chi connectivity index (χ3v) is 6.60. The van der Waals surface area contributed by atoms with Gasteiger partial charge in [0.25, 0.3) is 5.91 Å². The van der Waals surface area contributed by atoms with Gasteiger partial charge in [0.05, 0.1) is 17.3 Å². The molecule has 3 atom stereocenters. The Kier molecular flexibility index (Phi) is 5.28. The molecule has 1 aromatic carbocycles. The molecule has 28 heavy (non-hydrogen) atoms. The van der Waals surface area contributed by atoms with Gasteiger partial charge in [-0.25, -0.2) is 0 Å². The van der Waals surface area contributed by atoms with Gasteiger partial charge in [-0.15, -0.1) is 0 Å². The molecule has 1 amide bonds. The van der Waals surface area contributed by atoms with Crippen LogP contribution in [0.1, 0.15) is 60.6 Å². The van der Waals surface area contributed by atoms with Crippen molar-refractivity contribution in [2.45, 2.75) is 70.0 Å². The number of aryl methyl sites for hydroxylation is 2. The van der Waals surface area contributed by atoms with Crippen LogP contribution in [0.5, 0.6) is 0 Å². The van der Waals surface area contributed by atoms with Gasteiger partial charge in [-0.3, -0.25) is 9.48 Å². The summed E-state index contributed by atoms with van der Waals surface area (Å²) in [5.74, 6) is 0.141. The molecule has 0 spiro atoms. The first-order chi connectivity index (χ1) is 13.5. The molecule has 5 nitrogen and oxygen atoms in total. The van der Waals surface area contributed by atoms with Crippen LogP contribution in [0.25, 0.3) is 0 Å². The lowest BCUT2D eigenvalue weighted by atomic mass is 9.85. The zero-order valence-corrected chi connectivity index (χ0v) is 17.3. The smallest absolute Gasteiger partial charge is 0.257 e. The first-order valence-corrected chi connectivity index (χ1v) is 10.6. The van der Waals surface area contributed by atoms with Gasteiger partial charge in [0.15, 0.2) is 0 Å². The molecule has 2 aliphatic heterocycles. The highest BCUT2D eigenvalue weighted by molar-refractivity contribution is 5.96. The minimum Gasteiger partial charge on any atom is -0.330 e. The summed E-state index contributed by atoms with van der Waals surface area (Å²) in [6, 6.07) is 11.0. The van der Waals surface area contributed by atoms with E-state index in [0.29, 0.717) is 0 Å². The van der Waals surface area contributed by atoms with Crippen molar-refractivity contribution in [3.05, 3.63) is 53.3 Å². The van der Waals surface area contributed by atoms with Crippen molar-refractivity contribution in [2.75, 3.05) is 6.54 Å². The molecule has 3 heterocycles. The number of hydrogen-bond donors (Lipinski definition) is 1. The Morgan fingerprint density at radius 3 is 2.75 bits per heavy atom. The highest BCUT2D eigenvalue weighted by atomic mass is 16.2. The molecule has 2 aliphatic rings. The zero-order valence-electron chi connectivity index (χ0n) is 17.3. The van der Waals surface area contributed by atoms with Crippen molar-refractivity contribution in [3.8, 4) is 0 Å². The van der Waals surface area contributed by atoms with Crippen LogP contribution in [-0.4, -0.2) is 44.8 Å². The Labute approximate surface area is 168 Å². The summed E-state index contributed by atoms with van der Waals surface area (Å²) in [5.41, 5.74) is 2.84. The maximum absolute atomic E-state index is 13.7. The van der Waals surface area contributed by atoms with Gasteiger partial charge >= 0.3 is 0 Å². The average Bonchev–Trinajstić information content (AvgIpc) is 3.12. The number of carbonyl (C=O) groups is 1. The maximum Gasteiger partial charge on any atom is 0.257 e. The number of fused-ring (bicyclic) bond motifs is 1. The van der Waals surface area contributed by atoms with E-state index in [1.165, 1.54) is 24.8 Å². The van der Waals surface area contributed by atoms with Crippen molar-refractivity contribution in [3.63, 3.8) is 0 Å². The Balaban J connectivity index is 1.70. The molecular weight excluding hydrogens is 348 g/mol. The summed E-state index contributed by atoms with van der Waals surface area (Å²) in [6.45, 7) is 5.30. The van der Waals surface area contributed by atoms with E-state index in [1.54, 1.807) is 4.68 Å². The highest BCUT2D eigenvalue weighted by Crippen LogP contribution is 2.39. The van der Waals surface area contributed by atoms with E-state index in [2.05, 4.69) is 52.6 Å². The summed E-state index contributed by atoms with van der Waals surface area (Å²) in [4.78, 5) is 15.9. The molecule has 0 saturated carbocycles. The molecule has 2 saturated heterocycles.